The molecule has 0 bridgehead atoms. The topological polar surface area (TPSA) is 63.7 Å². The highest BCUT2D eigenvalue weighted by molar-refractivity contribution is 5.95. The Hall–Kier alpha value is -1.95. The van der Waals surface area contributed by atoms with Crippen LogP contribution >= 0.6 is 0 Å². The monoisotopic (exact) mass is 344 g/mol. The number of hydrogen-bond donors (Lipinski definition) is 2. The van der Waals surface area contributed by atoms with Crippen LogP contribution < -0.4 is 10.2 Å². The van der Waals surface area contributed by atoms with Gasteiger partial charge in [0.05, 0.1) is 43.1 Å². The van der Waals surface area contributed by atoms with E-state index >= 15 is 0 Å². The van der Waals surface area contributed by atoms with E-state index in [4.69, 9.17) is 0 Å². The van der Waals surface area contributed by atoms with Crippen LogP contribution in [-0.2, 0) is 5.41 Å². The molecule has 1 amide bonds. The molecule has 1 aliphatic heterocycles. The predicted octanol–water partition coefficient (Wildman–Crippen LogP) is 1.13. The molecule has 0 spiro atoms. The van der Waals surface area contributed by atoms with Crippen LogP contribution in [-0.4, -0.2) is 46.7 Å². The fourth-order valence-corrected chi connectivity index (χ4v) is 3.39. The minimum Gasteiger partial charge on any atom is -0.346 e. The first-order chi connectivity index (χ1) is 11.9. The lowest BCUT2D eigenvalue weighted by Crippen LogP contribution is -3.13. The number of aromatic nitrogens is 3. The van der Waals surface area contributed by atoms with Crippen molar-refractivity contribution in [2.24, 2.45) is 0 Å². The van der Waals surface area contributed by atoms with E-state index in [2.05, 4.69) is 36.2 Å². The van der Waals surface area contributed by atoms with E-state index in [0.717, 1.165) is 23.6 Å². The number of amides is 1. The molecule has 0 aromatic carbocycles. The minimum absolute atomic E-state index is 0.0419. The van der Waals surface area contributed by atoms with Gasteiger partial charge >= 0.3 is 0 Å². The standard InChI is InChI=1S/C19H29N5O/c1-14-15(18(25)20-8-11-23-9-6-5-7-10-23)13-21-17-12-16(19(2,3)4)22-24(14)17/h12-13H,5-11H2,1-4H3,(H,20,25)/p+1. The smallest absolute Gasteiger partial charge is 0.254 e. The number of rotatable bonds is 4. The zero-order valence-electron chi connectivity index (χ0n) is 15.9. The maximum atomic E-state index is 12.6. The molecule has 0 aliphatic carbocycles. The van der Waals surface area contributed by atoms with Gasteiger partial charge in [0, 0.05) is 17.7 Å². The molecule has 3 rings (SSSR count). The van der Waals surface area contributed by atoms with E-state index < -0.39 is 0 Å². The quantitative estimate of drug-likeness (QED) is 0.874. The first-order valence-corrected chi connectivity index (χ1v) is 9.34. The second-order valence-corrected chi connectivity index (χ2v) is 8.12. The van der Waals surface area contributed by atoms with Crippen LogP contribution in [0.2, 0.25) is 0 Å². The number of hydrogen-bond acceptors (Lipinski definition) is 3. The van der Waals surface area contributed by atoms with Crippen molar-refractivity contribution >= 4 is 11.6 Å². The Labute approximate surface area is 149 Å². The number of aryl methyl sites for hydroxylation is 1. The van der Waals surface area contributed by atoms with Crippen molar-refractivity contribution in [1.82, 2.24) is 19.9 Å². The lowest BCUT2D eigenvalue weighted by molar-refractivity contribution is -0.903. The molecule has 0 atom stereocenters. The molecule has 0 saturated carbocycles. The molecular weight excluding hydrogens is 314 g/mol. The molecule has 1 saturated heterocycles. The number of carbonyl (C=O) groups is 1. The molecule has 136 valence electrons. The average molecular weight is 344 g/mol. The highest BCUT2D eigenvalue weighted by Crippen LogP contribution is 2.22. The summed E-state index contributed by atoms with van der Waals surface area (Å²) in [5, 5.41) is 7.70. The van der Waals surface area contributed by atoms with Crippen molar-refractivity contribution in [3.63, 3.8) is 0 Å². The lowest BCUT2D eigenvalue weighted by Gasteiger charge is -2.23. The summed E-state index contributed by atoms with van der Waals surface area (Å²) in [7, 11) is 0. The van der Waals surface area contributed by atoms with Crippen molar-refractivity contribution in [2.45, 2.75) is 52.4 Å². The predicted molar refractivity (Wildman–Crippen MR) is 98.2 cm³/mol. The second kappa shape index (κ2) is 7.12. The van der Waals surface area contributed by atoms with Crippen molar-refractivity contribution in [2.75, 3.05) is 26.2 Å². The molecule has 2 N–H and O–H groups in total. The van der Waals surface area contributed by atoms with Crippen molar-refractivity contribution < 1.29 is 9.69 Å². The SMILES string of the molecule is Cc1c(C(=O)NCC[NH+]2CCCCC2)cnc2cc(C(C)(C)C)nn12. The van der Waals surface area contributed by atoms with Crippen LogP contribution in [0, 0.1) is 6.92 Å². The number of carbonyl (C=O) groups excluding carboxylic acids is 1. The maximum Gasteiger partial charge on any atom is 0.254 e. The maximum absolute atomic E-state index is 12.6. The molecule has 6 heteroatoms. The van der Waals surface area contributed by atoms with Crippen LogP contribution in [0.25, 0.3) is 5.65 Å². The summed E-state index contributed by atoms with van der Waals surface area (Å²) in [6.45, 7) is 12.5. The fraction of sp³-hybridized carbons (Fsp3) is 0.632. The zero-order valence-corrected chi connectivity index (χ0v) is 15.9. The van der Waals surface area contributed by atoms with Gasteiger partial charge in [-0.3, -0.25) is 4.79 Å². The van der Waals surface area contributed by atoms with Crippen molar-refractivity contribution in [3.8, 4) is 0 Å². The van der Waals surface area contributed by atoms with E-state index in [9.17, 15) is 4.79 Å². The van der Waals surface area contributed by atoms with Gasteiger partial charge in [0.2, 0.25) is 0 Å². The Kier molecular flexibility index (Phi) is 5.08. The summed E-state index contributed by atoms with van der Waals surface area (Å²) >= 11 is 0. The molecule has 2 aromatic heterocycles. The number of piperidine rings is 1. The molecule has 2 aromatic rings. The largest absolute Gasteiger partial charge is 0.346 e. The van der Waals surface area contributed by atoms with E-state index in [-0.39, 0.29) is 11.3 Å². The van der Waals surface area contributed by atoms with Crippen LogP contribution in [0.4, 0.5) is 0 Å². The summed E-state index contributed by atoms with van der Waals surface area (Å²) in [5.74, 6) is -0.0591. The van der Waals surface area contributed by atoms with E-state index in [1.54, 1.807) is 15.6 Å². The number of nitrogens with one attached hydrogen (secondary N) is 2. The van der Waals surface area contributed by atoms with Crippen LogP contribution in [0.15, 0.2) is 12.3 Å². The Bertz CT molecular complexity index is 753. The minimum atomic E-state index is -0.0591. The Morgan fingerprint density at radius 1 is 1.28 bits per heavy atom. The summed E-state index contributed by atoms with van der Waals surface area (Å²) in [6, 6.07) is 1.99. The first kappa shape index (κ1) is 17.9. The number of likely N-dealkylation sites (tertiary alicyclic amines) is 1. The summed E-state index contributed by atoms with van der Waals surface area (Å²) in [6.07, 6.45) is 5.62. The Morgan fingerprint density at radius 3 is 2.68 bits per heavy atom. The number of quaternary nitrogens is 1. The Morgan fingerprint density at radius 2 is 2.00 bits per heavy atom. The molecular formula is C19H30N5O+. The third-order valence-electron chi connectivity index (χ3n) is 5.06. The van der Waals surface area contributed by atoms with Gasteiger partial charge in [-0.25, -0.2) is 9.50 Å². The van der Waals surface area contributed by atoms with Crippen molar-refractivity contribution in [3.05, 3.63) is 29.2 Å². The molecule has 0 unspecified atom stereocenters. The highest BCUT2D eigenvalue weighted by atomic mass is 16.1. The normalized spacial score (nSPS) is 16.3. The summed E-state index contributed by atoms with van der Waals surface area (Å²) in [4.78, 5) is 18.6. The molecule has 1 aliphatic rings. The van der Waals surface area contributed by atoms with Crippen molar-refractivity contribution in [1.29, 1.82) is 0 Å². The van der Waals surface area contributed by atoms with E-state index in [0.29, 0.717) is 12.1 Å². The van der Waals surface area contributed by atoms with Crippen LogP contribution in [0.5, 0.6) is 0 Å². The van der Waals surface area contributed by atoms with Crippen LogP contribution in [0.3, 0.4) is 0 Å². The third-order valence-corrected chi connectivity index (χ3v) is 5.06. The van der Waals surface area contributed by atoms with Gasteiger partial charge in [0.25, 0.3) is 5.91 Å². The van der Waals surface area contributed by atoms with E-state index in [1.165, 1.54) is 32.4 Å². The van der Waals surface area contributed by atoms with Gasteiger partial charge in [0.1, 0.15) is 0 Å². The number of nitrogens with zero attached hydrogens (tertiary/aromatic N) is 3. The average Bonchev–Trinajstić information content (AvgIpc) is 3.01. The zero-order chi connectivity index (χ0) is 18.0. The summed E-state index contributed by atoms with van der Waals surface area (Å²) < 4.78 is 1.78. The van der Waals surface area contributed by atoms with Gasteiger partial charge in [-0.1, -0.05) is 20.8 Å². The Balaban J connectivity index is 1.69. The van der Waals surface area contributed by atoms with E-state index in [1.807, 2.05) is 13.0 Å². The second-order valence-electron chi connectivity index (χ2n) is 8.12. The van der Waals surface area contributed by atoms with Crippen LogP contribution in [0.1, 0.15) is 61.8 Å². The van der Waals surface area contributed by atoms with Gasteiger partial charge in [-0.05, 0) is 26.2 Å². The van der Waals surface area contributed by atoms with Gasteiger partial charge < -0.3 is 10.2 Å². The number of fused-ring (bicyclic) bond motifs is 1. The van der Waals surface area contributed by atoms with Gasteiger partial charge in [0.15, 0.2) is 5.65 Å². The highest BCUT2D eigenvalue weighted by Gasteiger charge is 2.21. The first-order valence-electron chi connectivity index (χ1n) is 9.34. The van der Waals surface area contributed by atoms with Gasteiger partial charge in [-0.2, -0.15) is 5.10 Å². The molecule has 0 radical (unpaired) electrons. The molecule has 6 nitrogen and oxygen atoms in total. The summed E-state index contributed by atoms with van der Waals surface area (Å²) in [5.41, 5.74) is 3.17. The molecule has 1 fully saturated rings. The fourth-order valence-electron chi connectivity index (χ4n) is 3.39. The lowest BCUT2D eigenvalue weighted by atomic mass is 9.93. The molecule has 3 heterocycles. The molecule has 25 heavy (non-hydrogen) atoms. The third kappa shape index (κ3) is 4.00. The van der Waals surface area contributed by atoms with Gasteiger partial charge in [-0.15, -0.1) is 0 Å².